The molecule has 1 aliphatic heterocycles. The van der Waals surface area contributed by atoms with E-state index in [0.29, 0.717) is 17.1 Å². The summed E-state index contributed by atoms with van der Waals surface area (Å²) in [5.41, 5.74) is 12.3. The summed E-state index contributed by atoms with van der Waals surface area (Å²) in [6.07, 6.45) is 1.89. The van der Waals surface area contributed by atoms with Gasteiger partial charge in [-0.2, -0.15) is 5.06 Å². The van der Waals surface area contributed by atoms with E-state index in [-0.39, 0.29) is 0 Å². The molecule has 0 unspecified atom stereocenters. The lowest BCUT2D eigenvalue weighted by atomic mass is 9.67. The summed E-state index contributed by atoms with van der Waals surface area (Å²) < 4.78 is 27.0. The molecule has 54 heavy (non-hydrogen) atoms. The summed E-state index contributed by atoms with van der Waals surface area (Å²) in [5, 5.41) is 4.92. The molecule has 11 rings (SSSR count). The number of benzene rings is 7. The Hall–Kier alpha value is -6.95. The number of hydrogen-bond donors (Lipinski definition) is 0. The van der Waals surface area contributed by atoms with E-state index in [1.807, 2.05) is 42.6 Å². The van der Waals surface area contributed by atoms with E-state index in [1.54, 1.807) is 11.1 Å². The molecule has 0 spiro atoms. The number of hydrogen-bond acceptors (Lipinski definition) is 4. The van der Waals surface area contributed by atoms with Gasteiger partial charge in [0.05, 0.1) is 33.5 Å². The molecule has 3 heterocycles. The van der Waals surface area contributed by atoms with E-state index in [0.717, 1.165) is 54.9 Å². The zero-order valence-corrected chi connectivity index (χ0v) is 29.1. The molecule has 0 radical (unpaired) electrons. The largest absolute Gasteiger partial charge is 0.294 e. The maximum absolute atomic E-state index is 8.24. The highest BCUT2D eigenvalue weighted by Crippen LogP contribution is 2.57. The van der Waals surface area contributed by atoms with Gasteiger partial charge in [-0.15, -0.1) is 4.94 Å². The lowest BCUT2D eigenvalue weighted by molar-refractivity contribution is 0.142. The number of para-hydroxylation sites is 3. The van der Waals surface area contributed by atoms with Crippen LogP contribution in [0, 0.1) is 0 Å². The summed E-state index contributed by atoms with van der Waals surface area (Å²) >= 11 is 0. The number of hydroxylamine groups is 1. The third kappa shape index (κ3) is 4.33. The van der Waals surface area contributed by atoms with Crippen LogP contribution in [-0.2, 0) is 10.4 Å². The van der Waals surface area contributed by atoms with Gasteiger partial charge >= 0.3 is 0 Å². The summed E-state index contributed by atoms with van der Waals surface area (Å²) in [5.74, 6) is 0.839. The van der Waals surface area contributed by atoms with Gasteiger partial charge in [0.25, 0.3) is 0 Å². The number of aromatic nitrogens is 2. The highest BCUT2D eigenvalue weighted by molar-refractivity contribution is 6.09. The molecule has 7 aromatic carbocycles. The van der Waals surface area contributed by atoms with Crippen LogP contribution in [0.5, 0.6) is 0 Å². The van der Waals surface area contributed by atoms with Gasteiger partial charge in [0.1, 0.15) is 5.82 Å². The van der Waals surface area contributed by atoms with E-state index in [4.69, 9.17) is 14.0 Å². The van der Waals surface area contributed by atoms with E-state index in [9.17, 15) is 0 Å². The minimum absolute atomic E-state index is 0.484. The first kappa shape index (κ1) is 27.7. The fourth-order valence-corrected chi connectivity index (χ4v) is 8.85. The minimum Gasteiger partial charge on any atom is -0.294 e. The van der Waals surface area contributed by atoms with Crippen molar-refractivity contribution in [1.82, 2.24) is 9.55 Å². The van der Waals surface area contributed by atoms with Crippen molar-refractivity contribution in [3.05, 3.63) is 210 Å². The van der Waals surface area contributed by atoms with Crippen molar-refractivity contribution < 1.29 is 9.05 Å². The van der Waals surface area contributed by atoms with Crippen LogP contribution in [0.2, 0.25) is 0 Å². The molecule has 9 aromatic rings. The maximum atomic E-state index is 8.24. The van der Waals surface area contributed by atoms with Crippen LogP contribution in [0.4, 0.5) is 17.1 Å². The van der Waals surface area contributed by atoms with Crippen molar-refractivity contribution in [1.29, 1.82) is 0 Å². The van der Waals surface area contributed by atoms with Crippen molar-refractivity contribution in [2.45, 2.75) is 5.41 Å². The molecule has 0 saturated heterocycles. The predicted octanol–water partition coefficient (Wildman–Crippen LogP) is 11.6. The molecular weight excluding hydrogens is 661 g/mol. The second kappa shape index (κ2) is 11.8. The Morgan fingerprint density at radius 3 is 2.04 bits per heavy atom. The minimum atomic E-state index is -2.50. The van der Waals surface area contributed by atoms with Crippen molar-refractivity contribution in [2.75, 3.05) is 17.1 Å². The molecule has 0 amide bonds. The van der Waals surface area contributed by atoms with E-state index in [2.05, 4.69) is 144 Å². The zero-order chi connectivity index (χ0) is 38.3. The molecular formula is C49H34N4O. The molecule has 0 fully saturated rings. The SMILES string of the molecule is [2H]C([2H])([2H])N1ON(c2cccc(C3(c4ccc5c6ccccc6n(-c6cc(-c7ccccc7)ccn6)c5c4)c4ccccc4-c4ccccc43)c2)c2ccccc21. The van der Waals surface area contributed by atoms with Crippen molar-refractivity contribution in [2.24, 2.45) is 0 Å². The number of nitrogens with zero attached hydrogens (tertiary/aromatic N) is 4. The average molecular weight is 698 g/mol. The quantitative estimate of drug-likeness (QED) is 0.179. The van der Waals surface area contributed by atoms with Gasteiger partial charge in [-0.3, -0.25) is 4.57 Å². The van der Waals surface area contributed by atoms with Gasteiger partial charge in [0.2, 0.25) is 0 Å². The summed E-state index contributed by atoms with van der Waals surface area (Å²) in [6.45, 7) is -2.50. The summed E-state index contributed by atoms with van der Waals surface area (Å²) in [7, 11) is 0. The molecule has 0 atom stereocenters. The Bertz CT molecular complexity index is 2980. The van der Waals surface area contributed by atoms with Crippen molar-refractivity contribution >= 4 is 38.9 Å². The summed E-state index contributed by atoms with van der Waals surface area (Å²) in [4.78, 5) is 11.1. The zero-order valence-electron chi connectivity index (χ0n) is 32.1. The molecule has 2 aromatic heterocycles. The van der Waals surface area contributed by atoms with Crippen molar-refractivity contribution in [3.63, 3.8) is 0 Å². The molecule has 5 heteroatoms. The maximum Gasteiger partial charge on any atom is 0.138 e. The van der Waals surface area contributed by atoms with Gasteiger partial charge in [-0.1, -0.05) is 133 Å². The van der Waals surface area contributed by atoms with Gasteiger partial charge in [0.15, 0.2) is 0 Å². The molecule has 2 aliphatic rings. The number of fused-ring (bicyclic) bond motifs is 7. The van der Waals surface area contributed by atoms with Crippen LogP contribution in [0.15, 0.2) is 188 Å². The third-order valence-corrected chi connectivity index (χ3v) is 11.1. The molecule has 0 bridgehead atoms. The first-order valence-corrected chi connectivity index (χ1v) is 18.1. The predicted molar refractivity (Wildman–Crippen MR) is 219 cm³/mol. The lowest BCUT2D eigenvalue weighted by Crippen LogP contribution is -2.29. The molecule has 256 valence electrons. The highest BCUT2D eigenvalue weighted by Gasteiger charge is 2.46. The van der Waals surface area contributed by atoms with Crippen LogP contribution in [0.25, 0.3) is 49.9 Å². The highest BCUT2D eigenvalue weighted by atomic mass is 16.8. The lowest BCUT2D eigenvalue weighted by Gasteiger charge is -2.34. The first-order chi connectivity index (χ1) is 27.9. The molecule has 0 saturated carbocycles. The molecule has 5 nitrogen and oxygen atoms in total. The van der Waals surface area contributed by atoms with Crippen LogP contribution in [-0.4, -0.2) is 16.5 Å². The average Bonchev–Trinajstić information content (AvgIpc) is 3.91. The standard InChI is InChI=1S/C49H34N4O/c1-51-45-24-11-12-25-46(45)53(54-51)37-17-13-16-35(31-37)49(42-21-8-5-18-38(42)39-19-6-9-22-43(39)49)36-26-27-41-40-20-7-10-23-44(40)52(47(41)32-36)48-30-34(28-29-50-48)33-14-3-2-4-15-33/h2-32H,1H3/i1D3. The van der Waals surface area contributed by atoms with E-state index in [1.165, 1.54) is 22.3 Å². The Labute approximate surface area is 317 Å². The fraction of sp³-hybridized carbons (Fsp3) is 0.0408. The second-order valence-corrected chi connectivity index (χ2v) is 13.9. The number of rotatable bonds is 5. The van der Waals surface area contributed by atoms with Crippen LogP contribution < -0.4 is 10.1 Å². The monoisotopic (exact) mass is 697 g/mol. The Morgan fingerprint density at radius 1 is 0.537 bits per heavy atom. The van der Waals surface area contributed by atoms with Crippen LogP contribution in [0.3, 0.4) is 0 Å². The van der Waals surface area contributed by atoms with E-state index >= 15 is 0 Å². The molecule has 0 N–H and O–H groups in total. The van der Waals surface area contributed by atoms with Gasteiger partial charge in [0, 0.05) is 28.1 Å². The molecule has 1 aliphatic carbocycles. The smallest absolute Gasteiger partial charge is 0.138 e. The van der Waals surface area contributed by atoms with Gasteiger partial charge in [-0.25, -0.2) is 10.0 Å². The Kier molecular flexibility index (Phi) is 6.04. The van der Waals surface area contributed by atoms with Gasteiger partial charge < -0.3 is 0 Å². The Morgan fingerprint density at radius 2 is 1.22 bits per heavy atom. The summed E-state index contributed by atoms with van der Waals surface area (Å²) in [6, 6.07) is 63.1. The number of pyridine rings is 1. The van der Waals surface area contributed by atoms with E-state index < -0.39 is 12.4 Å². The number of anilines is 3. The van der Waals surface area contributed by atoms with Crippen LogP contribution >= 0.6 is 0 Å². The second-order valence-electron chi connectivity index (χ2n) is 13.9. The normalized spacial score (nSPS) is 15.1. The van der Waals surface area contributed by atoms with Gasteiger partial charge in [-0.05, 0) is 93.0 Å². The van der Waals surface area contributed by atoms with Crippen LogP contribution in [0.1, 0.15) is 26.4 Å². The Balaban J connectivity index is 1.17. The first-order valence-electron chi connectivity index (χ1n) is 19.6. The third-order valence-electron chi connectivity index (χ3n) is 11.1. The topological polar surface area (TPSA) is 33.5 Å². The van der Waals surface area contributed by atoms with Crippen molar-refractivity contribution in [3.8, 4) is 28.1 Å². The fourth-order valence-electron chi connectivity index (χ4n) is 8.85.